The smallest absolute Gasteiger partial charge is 0.381 e. The SMILES string of the molecule is CCCCC(C[Si](OCC)(OCC)OCC)OC. The van der Waals surface area contributed by atoms with E-state index < -0.39 is 8.80 Å². The molecule has 0 aromatic rings. The van der Waals surface area contributed by atoms with Crippen LogP contribution in [-0.4, -0.2) is 41.8 Å². The van der Waals surface area contributed by atoms with Gasteiger partial charge in [-0.25, -0.2) is 0 Å². The van der Waals surface area contributed by atoms with E-state index in [4.69, 9.17) is 18.0 Å². The van der Waals surface area contributed by atoms with E-state index in [0.29, 0.717) is 19.8 Å². The fraction of sp³-hybridized carbons (Fsp3) is 1.00. The molecule has 0 bridgehead atoms. The minimum absolute atomic E-state index is 0.168. The van der Waals surface area contributed by atoms with Gasteiger partial charge in [0.25, 0.3) is 0 Å². The molecule has 0 heterocycles. The Morgan fingerprint density at radius 2 is 1.39 bits per heavy atom. The van der Waals surface area contributed by atoms with Crippen LogP contribution in [0.1, 0.15) is 47.0 Å². The molecule has 0 fully saturated rings. The first-order valence-corrected chi connectivity index (χ1v) is 9.05. The van der Waals surface area contributed by atoms with Gasteiger partial charge in [0, 0.05) is 33.0 Å². The first-order valence-electron chi connectivity index (χ1n) is 7.12. The fourth-order valence-corrected chi connectivity index (χ4v) is 4.83. The summed E-state index contributed by atoms with van der Waals surface area (Å²) in [5, 5.41) is 0. The van der Waals surface area contributed by atoms with E-state index in [1.54, 1.807) is 7.11 Å². The molecule has 4 nitrogen and oxygen atoms in total. The third-order valence-corrected chi connectivity index (χ3v) is 5.92. The molecular weight excluding hydrogens is 248 g/mol. The Bertz CT molecular complexity index is 173. The van der Waals surface area contributed by atoms with Crippen molar-refractivity contribution in [3.8, 4) is 0 Å². The predicted octanol–water partition coefficient (Wildman–Crippen LogP) is 3.24. The molecule has 1 atom stereocenters. The van der Waals surface area contributed by atoms with Gasteiger partial charge in [0.05, 0.1) is 6.10 Å². The molecule has 0 rings (SSSR count). The summed E-state index contributed by atoms with van der Waals surface area (Å²) in [7, 11) is -0.801. The second-order valence-electron chi connectivity index (χ2n) is 4.19. The maximum Gasteiger partial charge on any atom is 0.503 e. The standard InChI is InChI=1S/C13H30O4Si/c1-6-10-11-13(14-5)12-18(15-7-2,16-8-3)17-9-4/h13H,6-12H2,1-5H3. The van der Waals surface area contributed by atoms with Gasteiger partial charge in [0.1, 0.15) is 0 Å². The van der Waals surface area contributed by atoms with Gasteiger partial charge < -0.3 is 18.0 Å². The van der Waals surface area contributed by atoms with Crippen LogP contribution in [-0.2, 0) is 18.0 Å². The van der Waals surface area contributed by atoms with E-state index in [-0.39, 0.29) is 6.10 Å². The van der Waals surface area contributed by atoms with Crippen molar-refractivity contribution >= 4 is 8.80 Å². The second-order valence-corrected chi connectivity index (χ2v) is 6.83. The first kappa shape index (κ1) is 18.1. The summed E-state index contributed by atoms with van der Waals surface area (Å²) in [5.74, 6) is 0. The van der Waals surface area contributed by atoms with Gasteiger partial charge in [-0.05, 0) is 27.2 Å². The Morgan fingerprint density at radius 3 is 1.72 bits per heavy atom. The van der Waals surface area contributed by atoms with Crippen LogP contribution in [0.25, 0.3) is 0 Å². The van der Waals surface area contributed by atoms with E-state index in [0.717, 1.165) is 18.9 Å². The molecule has 1 unspecified atom stereocenters. The molecule has 0 N–H and O–H groups in total. The van der Waals surface area contributed by atoms with Gasteiger partial charge >= 0.3 is 8.80 Å². The van der Waals surface area contributed by atoms with Gasteiger partial charge in [0.15, 0.2) is 0 Å². The van der Waals surface area contributed by atoms with Crippen LogP contribution in [0.2, 0.25) is 6.04 Å². The number of hydrogen-bond acceptors (Lipinski definition) is 4. The van der Waals surface area contributed by atoms with Crippen LogP contribution in [0.5, 0.6) is 0 Å². The molecule has 0 saturated heterocycles. The highest BCUT2D eigenvalue weighted by Gasteiger charge is 2.42. The normalized spacial score (nSPS) is 13.8. The fourth-order valence-electron chi connectivity index (χ4n) is 1.98. The summed E-state index contributed by atoms with van der Waals surface area (Å²) < 4.78 is 23.1. The summed E-state index contributed by atoms with van der Waals surface area (Å²) >= 11 is 0. The summed E-state index contributed by atoms with van der Waals surface area (Å²) in [4.78, 5) is 0. The molecule has 0 aliphatic heterocycles. The number of hydrogen-bond donors (Lipinski definition) is 0. The van der Waals surface area contributed by atoms with Crippen molar-refractivity contribution in [2.24, 2.45) is 0 Å². The quantitative estimate of drug-likeness (QED) is 0.514. The Hall–Kier alpha value is 0.0569. The van der Waals surface area contributed by atoms with Gasteiger partial charge in [0.2, 0.25) is 0 Å². The number of methoxy groups -OCH3 is 1. The molecule has 0 saturated carbocycles. The van der Waals surface area contributed by atoms with Crippen molar-refractivity contribution in [3.05, 3.63) is 0 Å². The summed E-state index contributed by atoms with van der Waals surface area (Å²) in [6.45, 7) is 9.99. The predicted molar refractivity (Wildman–Crippen MR) is 75.8 cm³/mol. The maximum absolute atomic E-state index is 5.84. The van der Waals surface area contributed by atoms with E-state index >= 15 is 0 Å². The van der Waals surface area contributed by atoms with Gasteiger partial charge in [-0.1, -0.05) is 19.8 Å². The van der Waals surface area contributed by atoms with Gasteiger partial charge in [-0.3, -0.25) is 0 Å². The van der Waals surface area contributed by atoms with Gasteiger partial charge in [-0.15, -0.1) is 0 Å². The highest BCUT2D eigenvalue weighted by molar-refractivity contribution is 6.60. The summed E-state index contributed by atoms with van der Waals surface area (Å²) in [6, 6.07) is 0.749. The Kier molecular flexibility index (Phi) is 11.0. The van der Waals surface area contributed by atoms with E-state index in [1.807, 2.05) is 20.8 Å². The lowest BCUT2D eigenvalue weighted by Gasteiger charge is -2.31. The lowest BCUT2D eigenvalue weighted by atomic mass is 10.2. The molecule has 5 heteroatoms. The molecule has 18 heavy (non-hydrogen) atoms. The first-order chi connectivity index (χ1) is 8.67. The van der Waals surface area contributed by atoms with E-state index in [2.05, 4.69) is 6.92 Å². The van der Waals surface area contributed by atoms with Crippen molar-refractivity contribution in [2.45, 2.75) is 59.1 Å². The molecule has 0 radical (unpaired) electrons. The molecule has 110 valence electrons. The largest absolute Gasteiger partial charge is 0.503 e. The van der Waals surface area contributed by atoms with Crippen molar-refractivity contribution in [1.82, 2.24) is 0 Å². The van der Waals surface area contributed by atoms with Gasteiger partial charge in [-0.2, -0.15) is 0 Å². The number of unbranched alkanes of at least 4 members (excludes halogenated alkanes) is 1. The average molecular weight is 278 g/mol. The molecule has 0 aromatic carbocycles. The van der Waals surface area contributed by atoms with Crippen molar-refractivity contribution in [3.63, 3.8) is 0 Å². The number of rotatable bonds is 12. The average Bonchev–Trinajstić information content (AvgIpc) is 2.35. The minimum atomic E-state index is -2.55. The highest BCUT2D eigenvalue weighted by atomic mass is 28.4. The van der Waals surface area contributed by atoms with Crippen LogP contribution >= 0.6 is 0 Å². The summed E-state index contributed by atoms with van der Waals surface area (Å²) in [5.41, 5.74) is 0. The van der Waals surface area contributed by atoms with E-state index in [1.165, 1.54) is 6.42 Å². The molecule has 0 aliphatic rings. The minimum Gasteiger partial charge on any atom is -0.381 e. The number of ether oxygens (including phenoxy) is 1. The highest BCUT2D eigenvalue weighted by Crippen LogP contribution is 2.22. The second kappa shape index (κ2) is 10.9. The van der Waals surface area contributed by atoms with E-state index in [9.17, 15) is 0 Å². The Balaban J connectivity index is 4.58. The third kappa shape index (κ3) is 6.85. The van der Waals surface area contributed by atoms with Crippen LogP contribution in [0.3, 0.4) is 0 Å². The van der Waals surface area contributed by atoms with Crippen LogP contribution < -0.4 is 0 Å². The molecule has 0 spiro atoms. The van der Waals surface area contributed by atoms with Crippen molar-refractivity contribution < 1.29 is 18.0 Å². The van der Waals surface area contributed by atoms with Crippen molar-refractivity contribution in [2.75, 3.05) is 26.9 Å². The molecule has 0 aromatic heterocycles. The maximum atomic E-state index is 5.84. The third-order valence-electron chi connectivity index (χ3n) is 2.78. The van der Waals surface area contributed by atoms with Crippen LogP contribution in [0.4, 0.5) is 0 Å². The topological polar surface area (TPSA) is 36.9 Å². The molecule has 0 aliphatic carbocycles. The lowest BCUT2D eigenvalue weighted by molar-refractivity contribution is 0.0413. The summed E-state index contributed by atoms with van der Waals surface area (Å²) in [6.07, 6.45) is 3.54. The van der Waals surface area contributed by atoms with Crippen LogP contribution in [0, 0.1) is 0 Å². The Labute approximate surface area is 113 Å². The zero-order chi connectivity index (χ0) is 13.9. The van der Waals surface area contributed by atoms with Crippen molar-refractivity contribution in [1.29, 1.82) is 0 Å². The lowest BCUT2D eigenvalue weighted by Crippen LogP contribution is -2.48. The molecule has 0 amide bonds. The zero-order valence-corrected chi connectivity index (χ0v) is 13.7. The van der Waals surface area contributed by atoms with Crippen LogP contribution in [0.15, 0.2) is 0 Å². The zero-order valence-electron chi connectivity index (χ0n) is 12.7. The Morgan fingerprint density at radius 1 is 0.889 bits per heavy atom. The molecular formula is C13H30O4Si. The monoisotopic (exact) mass is 278 g/mol.